The van der Waals surface area contributed by atoms with E-state index in [1.165, 1.54) is 22.9 Å². The summed E-state index contributed by atoms with van der Waals surface area (Å²) in [6.45, 7) is 5.15. The van der Waals surface area contributed by atoms with Gasteiger partial charge in [-0.25, -0.2) is 0 Å². The maximum atomic E-state index is 12.2. The highest BCUT2D eigenvalue weighted by Crippen LogP contribution is 2.32. The molecule has 25 heavy (non-hydrogen) atoms. The van der Waals surface area contributed by atoms with Gasteiger partial charge in [-0.15, -0.1) is 0 Å². The number of likely N-dealkylation sites (N-methyl/N-ethyl adjacent to an activating group) is 1. The number of aryl methyl sites for hydroxylation is 1. The van der Waals surface area contributed by atoms with Crippen LogP contribution in [-0.2, 0) is 11.4 Å². The molecule has 1 heterocycles. The van der Waals surface area contributed by atoms with Crippen LogP contribution < -0.4 is 4.74 Å². The topological polar surface area (TPSA) is 29.5 Å². The van der Waals surface area contributed by atoms with Crippen molar-refractivity contribution in [1.82, 2.24) is 4.90 Å². The van der Waals surface area contributed by atoms with E-state index in [4.69, 9.17) is 17.0 Å². The second kappa shape index (κ2) is 7.85. The fraction of sp³-hybridized carbons (Fsp3) is 0.200. The third-order valence-electron chi connectivity index (χ3n) is 4.02. The van der Waals surface area contributed by atoms with Crippen LogP contribution in [0.25, 0.3) is 6.08 Å². The first-order chi connectivity index (χ1) is 12.1. The van der Waals surface area contributed by atoms with Crippen LogP contribution in [0.15, 0.2) is 53.4 Å². The number of hydrogen-bond acceptors (Lipinski definition) is 4. The van der Waals surface area contributed by atoms with Crippen molar-refractivity contribution in [2.24, 2.45) is 0 Å². The molecule has 0 bridgehead atoms. The molecule has 1 aliphatic heterocycles. The van der Waals surface area contributed by atoms with E-state index >= 15 is 0 Å². The van der Waals surface area contributed by atoms with E-state index in [9.17, 15) is 4.79 Å². The highest BCUT2D eigenvalue weighted by atomic mass is 32.2. The lowest BCUT2D eigenvalue weighted by Crippen LogP contribution is -2.27. The van der Waals surface area contributed by atoms with Crippen molar-refractivity contribution in [3.05, 3.63) is 70.1 Å². The summed E-state index contributed by atoms with van der Waals surface area (Å²) < 4.78 is 6.47. The predicted octanol–water partition coefficient (Wildman–Crippen LogP) is 4.80. The third-order valence-corrected chi connectivity index (χ3v) is 5.40. The molecule has 0 saturated carbocycles. The summed E-state index contributed by atoms with van der Waals surface area (Å²) in [5.74, 6) is 0.791. The minimum atomic E-state index is -0.0163. The third kappa shape index (κ3) is 4.11. The summed E-state index contributed by atoms with van der Waals surface area (Å²) in [4.78, 5) is 14.5. The number of ether oxygens (including phenoxy) is 1. The number of thiocarbonyl (C=S) groups is 1. The zero-order chi connectivity index (χ0) is 17.8. The molecular formula is C20H19NO2S2. The van der Waals surface area contributed by atoms with Gasteiger partial charge in [0, 0.05) is 6.54 Å². The molecule has 3 nitrogen and oxygen atoms in total. The van der Waals surface area contributed by atoms with Crippen LogP contribution in [0.2, 0.25) is 0 Å². The van der Waals surface area contributed by atoms with Gasteiger partial charge in [-0.05, 0) is 48.7 Å². The Labute approximate surface area is 157 Å². The van der Waals surface area contributed by atoms with Crippen LogP contribution in [0, 0.1) is 6.92 Å². The molecule has 0 spiro atoms. The molecule has 0 aromatic heterocycles. The van der Waals surface area contributed by atoms with Crippen LogP contribution in [0.4, 0.5) is 0 Å². The van der Waals surface area contributed by atoms with Gasteiger partial charge in [0.25, 0.3) is 5.91 Å². The Bertz CT molecular complexity index is 828. The summed E-state index contributed by atoms with van der Waals surface area (Å²) in [5.41, 5.74) is 3.35. The molecule has 1 amide bonds. The van der Waals surface area contributed by atoms with Gasteiger partial charge < -0.3 is 4.74 Å². The average molecular weight is 370 g/mol. The fourth-order valence-electron chi connectivity index (χ4n) is 2.52. The lowest BCUT2D eigenvalue weighted by molar-refractivity contribution is -0.121. The molecule has 3 rings (SSSR count). The Morgan fingerprint density at radius 3 is 2.52 bits per heavy atom. The van der Waals surface area contributed by atoms with Gasteiger partial charge in [-0.3, -0.25) is 9.69 Å². The number of carbonyl (C=O) groups is 1. The van der Waals surface area contributed by atoms with Crippen LogP contribution in [0.1, 0.15) is 23.6 Å². The highest BCUT2D eigenvalue weighted by molar-refractivity contribution is 8.26. The van der Waals surface area contributed by atoms with E-state index in [1.807, 2.05) is 49.4 Å². The van der Waals surface area contributed by atoms with Gasteiger partial charge in [-0.2, -0.15) is 0 Å². The Hall–Kier alpha value is -2.11. The molecule has 128 valence electrons. The molecule has 0 atom stereocenters. The molecule has 1 aliphatic rings. The smallest absolute Gasteiger partial charge is 0.266 e. The molecule has 2 aromatic carbocycles. The largest absolute Gasteiger partial charge is 0.489 e. The van der Waals surface area contributed by atoms with Gasteiger partial charge in [0.05, 0.1) is 4.91 Å². The van der Waals surface area contributed by atoms with Crippen molar-refractivity contribution in [3.8, 4) is 5.75 Å². The highest BCUT2D eigenvalue weighted by Gasteiger charge is 2.30. The molecule has 0 aliphatic carbocycles. The van der Waals surface area contributed by atoms with Crippen molar-refractivity contribution in [1.29, 1.82) is 0 Å². The first-order valence-electron chi connectivity index (χ1n) is 8.11. The normalized spacial score (nSPS) is 15.9. The quantitative estimate of drug-likeness (QED) is 0.559. The number of thioether (sulfide) groups is 1. The molecular weight excluding hydrogens is 350 g/mol. The first kappa shape index (κ1) is 17.7. The van der Waals surface area contributed by atoms with Crippen LogP contribution in [0.5, 0.6) is 5.75 Å². The molecule has 0 unspecified atom stereocenters. The predicted molar refractivity (Wildman–Crippen MR) is 108 cm³/mol. The molecule has 0 radical (unpaired) electrons. The molecule has 0 N–H and O–H groups in total. The molecule has 1 saturated heterocycles. The monoisotopic (exact) mass is 369 g/mol. The number of hydrogen-bond donors (Lipinski definition) is 0. The van der Waals surface area contributed by atoms with Gasteiger partial charge in [0.15, 0.2) is 0 Å². The Kier molecular flexibility index (Phi) is 5.56. The second-order valence-electron chi connectivity index (χ2n) is 5.71. The van der Waals surface area contributed by atoms with E-state index in [2.05, 4.69) is 19.1 Å². The standard InChI is InChI=1S/C20H19NO2S2/c1-3-21-19(22)18(25-20(21)24)12-15-8-10-17(11-9-15)23-13-16-7-5-4-6-14(16)2/h4-12H,3,13H2,1-2H3/b18-12+. The second-order valence-corrected chi connectivity index (χ2v) is 7.39. The van der Waals surface area contributed by atoms with Crippen LogP contribution >= 0.6 is 24.0 Å². The van der Waals surface area contributed by atoms with Gasteiger partial charge in [0.2, 0.25) is 0 Å². The molecule has 2 aromatic rings. The van der Waals surface area contributed by atoms with E-state index in [-0.39, 0.29) is 5.91 Å². The van der Waals surface area contributed by atoms with Crippen molar-refractivity contribution in [2.75, 3.05) is 6.54 Å². The summed E-state index contributed by atoms with van der Waals surface area (Å²) >= 11 is 6.58. The SMILES string of the molecule is CCN1C(=O)/C(=C\c2ccc(OCc3ccccc3C)cc2)SC1=S. The van der Waals surface area contributed by atoms with E-state index in [1.54, 1.807) is 4.90 Å². The van der Waals surface area contributed by atoms with Gasteiger partial charge in [0.1, 0.15) is 16.7 Å². The maximum Gasteiger partial charge on any atom is 0.266 e. The zero-order valence-corrected chi connectivity index (χ0v) is 15.8. The summed E-state index contributed by atoms with van der Waals surface area (Å²) in [6, 6.07) is 15.9. The van der Waals surface area contributed by atoms with Crippen LogP contribution in [0.3, 0.4) is 0 Å². The summed E-state index contributed by atoms with van der Waals surface area (Å²) in [6.07, 6.45) is 1.88. The van der Waals surface area contributed by atoms with Crippen molar-refractivity contribution in [3.63, 3.8) is 0 Å². The molecule has 1 fully saturated rings. The van der Waals surface area contributed by atoms with E-state index in [0.717, 1.165) is 11.3 Å². The first-order valence-corrected chi connectivity index (χ1v) is 9.33. The lowest BCUT2D eigenvalue weighted by Gasteiger charge is -2.09. The molecule has 5 heteroatoms. The van der Waals surface area contributed by atoms with Gasteiger partial charge in [-0.1, -0.05) is 60.4 Å². The number of rotatable bonds is 5. The summed E-state index contributed by atoms with van der Waals surface area (Å²) in [5, 5.41) is 0. The zero-order valence-electron chi connectivity index (χ0n) is 14.2. The maximum absolute atomic E-state index is 12.2. The fourth-order valence-corrected chi connectivity index (χ4v) is 3.90. The Morgan fingerprint density at radius 1 is 1.16 bits per heavy atom. The van der Waals surface area contributed by atoms with E-state index < -0.39 is 0 Å². The van der Waals surface area contributed by atoms with E-state index in [0.29, 0.717) is 22.4 Å². The minimum absolute atomic E-state index is 0.0163. The van der Waals surface area contributed by atoms with Crippen molar-refractivity contribution < 1.29 is 9.53 Å². The lowest BCUT2D eigenvalue weighted by atomic mass is 10.1. The number of nitrogens with zero attached hydrogens (tertiary/aromatic N) is 1. The number of amides is 1. The number of carbonyl (C=O) groups excluding carboxylic acids is 1. The summed E-state index contributed by atoms with van der Waals surface area (Å²) in [7, 11) is 0. The number of benzene rings is 2. The Morgan fingerprint density at radius 2 is 1.88 bits per heavy atom. The van der Waals surface area contributed by atoms with Crippen molar-refractivity contribution >= 4 is 40.3 Å². The van der Waals surface area contributed by atoms with Gasteiger partial charge >= 0.3 is 0 Å². The average Bonchev–Trinajstić information content (AvgIpc) is 2.88. The minimum Gasteiger partial charge on any atom is -0.489 e. The van der Waals surface area contributed by atoms with Crippen LogP contribution in [-0.4, -0.2) is 21.7 Å². The van der Waals surface area contributed by atoms with Crippen molar-refractivity contribution in [2.45, 2.75) is 20.5 Å². The Balaban J connectivity index is 1.67.